The van der Waals surface area contributed by atoms with Crippen molar-refractivity contribution in [2.24, 2.45) is 15.9 Å². The molecule has 0 bridgehead atoms. The van der Waals surface area contributed by atoms with E-state index in [1.54, 1.807) is 31.9 Å². The number of amides is 1. The number of benzene rings is 1. The second-order valence-corrected chi connectivity index (χ2v) is 13.6. The zero-order chi connectivity index (χ0) is 31.4. The van der Waals surface area contributed by atoms with Crippen LogP contribution in [0.25, 0.3) is 0 Å². The molecule has 1 aromatic rings. The Balaban J connectivity index is 1.43. The average molecular weight is 623 g/mol. The third-order valence-electron chi connectivity index (χ3n) is 7.34. The molecule has 0 saturated carbocycles. The fourth-order valence-electron chi connectivity index (χ4n) is 5.48. The molecule has 16 heteroatoms. The second-order valence-electron chi connectivity index (χ2n) is 11.7. The molecule has 0 spiro atoms. The first-order chi connectivity index (χ1) is 20.0. The first-order valence-electron chi connectivity index (χ1n) is 13.4. The molecule has 1 unspecified atom stereocenters. The van der Waals surface area contributed by atoms with Crippen molar-refractivity contribution in [1.29, 1.82) is 5.26 Å². The van der Waals surface area contributed by atoms with Gasteiger partial charge in [0.15, 0.2) is 6.10 Å². The molecule has 5 rings (SSSR count). The minimum atomic E-state index is -4.71. The van der Waals surface area contributed by atoms with Crippen molar-refractivity contribution in [3.63, 3.8) is 0 Å². The Kier molecular flexibility index (Phi) is 7.64. The summed E-state index contributed by atoms with van der Waals surface area (Å²) in [6, 6.07) is 6.05. The number of halogens is 3. The van der Waals surface area contributed by atoms with E-state index in [1.807, 2.05) is 0 Å². The predicted octanol–water partition coefficient (Wildman–Crippen LogP) is 2.89. The van der Waals surface area contributed by atoms with E-state index in [9.17, 15) is 36.4 Å². The quantitative estimate of drug-likeness (QED) is 0.489. The van der Waals surface area contributed by atoms with Crippen LogP contribution in [-0.2, 0) is 35.6 Å². The molecule has 4 heterocycles. The fourth-order valence-corrected chi connectivity index (χ4v) is 7.08. The van der Waals surface area contributed by atoms with Gasteiger partial charge in [0.05, 0.1) is 40.9 Å². The van der Waals surface area contributed by atoms with Gasteiger partial charge in [-0.25, -0.2) is 23.2 Å². The lowest BCUT2D eigenvalue weighted by molar-refractivity contribution is -0.178. The van der Waals surface area contributed by atoms with Crippen LogP contribution in [0.2, 0.25) is 0 Å². The highest BCUT2D eigenvalue weighted by atomic mass is 32.2. The van der Waals surface area contributed by atoms with Gasteiger partial charge in [0, 0.05) is 12.8 Å². The molecule has 1 amide bonds. The molecule has 3 atom stereocenters. The van der Waals surface area contributed by atoms with Crippen LogP contribution in [0, 0.1) is 17.2 Å². The number of nitriles is 1. The number of nitrogens with one attached hydrogen (secondary N) is 1. The highest BCUT2D eigenvalue weighted by Gasteiger charge is 2.52. The third kappa shape index (κ3) is 6.01. The van der Waals surface area contributed by atoms with Crippen molar-refractivity contribution in [2.75, 3.05) is 13.2 Å². The maximum Gasteiger partial charge on any atom is 0.402 e. The highest BCUT2D eigenvalue weighted by Crippen LogP contribution is 2.41. The molecular formula is C27H29F3N6O6S. The summed E-state index contributed by atoms with van der Waals surface area (Å²) < 4.78 is 75.9. The summed E-state index contributed by atoms with van der Waals surface area (Å²) in [4.78, 5) is 33.7. The van der Waals surface area contributed by atoms with Crippen LogP contribution in [0.4, 0.5) is 18.9 Å². The standard InChI is InChI=1S/C27H29F3N6O6S/c1-25(2,3)42-24(38)19-6-8-26(9-10-31,15-41-19)36-18-7-11-32-23(37)21(18)22(34-36)33-17-4-5-20-16(12-17)13-35(43(20,39)40)14-27(28,29)30/h4-5,7,11-12,19,21H,6,8-9,13-15H2,1-3H3,(H,33,34)/t19-,21?,26-/m0/s1. The van der Waals surface area contributed by atoms with Crippen LogP contribution >= 0.6 is 0 Å². The van der Waals surface area contributed by atoms with Gasteiger partial charge in [-0.15, -0.1) is 0 Å². The summed E-state index contributed by atoms with van der Waals surface area (Å²) in [6.07, 6.45) is -2.08. The first-order valence-corrected chi connectivity index (χ1v) is 14.8. The monoisotopic (exact) mass is 622 g/mol. The summed E-state index contributed by atoms with van der Waals surface area (Å²) in [5, 5.41) is 11.4. The summed E-state index contributed by atoms with van der Waals surface area (Å²) in [5.41, 5.74) is 2.19. The number of alkyl halides is 3. The highest BCUT2D eigenvalue weighted by molar-refractivity contribution is 7.89. The van der Waals surface area contributed by atoms with Crippen molar-refractivity contribution in [3.05, 3.63) is 35.5 Å². The molecule has 230 valence electrons. The minimum Gasteiger partial charge on any atom is -0.458 e. The van der Waals surface area contributed by atoms with Gasteiger partial charge in [0.2, 0.25) is 10.0 Å². The fraction of sp³-hybridized carbons (Fsp3) is 0.519. The van der Waals surface area contributed by atoms with Crippen molar-refractivity contribution in [3.8, 4) is 6.07 Å². The van der Waals surface area contributed by atoms with Gasteiger partial charge in [-0.05, 0) is 63.5 Å². The molecular weight excluding hydrogens is 593 g/mol. The number of hydrazine groups is 1. The number of aliphatic imine (C=N–C) groups is 2. The van der Waals surface area contributed by atoms with Crippen LogP contribution in [0.3, 0.4) is 0 Å². The molecule has 2 saturated heterocycles. The molecule has 1 aromatic carbocycles. The van der Waals surface area contributed by atoms with Crippen molar-refractivity contribution >= 4 is 39.6 Å². The molecule has 43 heavy (non-hydrogen) atoms. The van der Waals surface area contributed by atoms with Crippen LogP contribution in [-0.4, -0.2) is 78.2 Å². The Morgan fingerprint density at radius 2 is 2.07 bits per heavy atom. The number of esters is 1. The lowest BCUT2D eigenvalue weighted by Crippen LogP contribution is -2.58. The number of amidine groups is 1. The number of rotatable bonds is 5. The molecule has 12 nitrogen and oxygen atoms in total. The summed E-state index contributed by atoms with van der Waals surface area (Å²) >= 11 is 0. The average Bonchev–Trinajstić information content (AvgIpc) is 3.38. The number of carbonyl (C=O) groups is 2. The van der Waals surface area contributed by atoms with E-state index in [2.05, 4.69) is 21.5 Å². The van der Waals surface area contributed by atoms with Gasteiger partial charge in [-0.3, -0.25) is 15.2 Å². The number of nitrogens with zero attached hydrogens (tertiary/aromatic N) is 5. The Morgan fingerprint density at radius 1 is 1.33 bits per heavy atom. The van der Waals surface area contributed by atoms with Crippen molar-refractivity contribution in [1.82, 2.24) is 14.7 Å². The lowest BCUT2D eigenvalue weighted by Gasteiger charge is -2.45. The van der Waals surface area contributed by atoms with Gasteiger partial charge in [-0.2, -0.15) is 22.7 Å². The van der Waals surface area contributed by atoms with E-state index in [1.165, 1.54) is 24.4 Å². The SMILES string of the molecule is CC(C)(C)OC(=O)[C@@H]1CC[C@@](CC#N)(N2NC(=Nc3ccc4c(c3)CN(CC(F)(F)F)S4(=O)=O)C3C(=O)N=CC=C32)CO1. The van der Waals surface area contributed by atoms with Crippen LogP contribution in [0.1, 0.15) is 45.6 Å². The number of hydrogen-bond donors (Lipinski definition) is 1. The molecule has 0 aliphatic carbocycles. The number of dihydropyridines is 1. The Hall–Kier alpha value is -3.81. The van der Waals surface area contributed by atoms with Gasteiger partial charge in [0.1, 0.15) is 23.9 Å². The Bertz CT molecular complexity index is 1580. The minimum absolute atomic E-state index is 0.0323. The number of hydrogen-bond acceptors (Lipinski definition) is 9. The van der Waals surface area contributed by atoms with E-state index in [4.69, 9.17) is 9.47 Å². The second kappa shape index (κ2) is 10.7. The summed E-state index contributed by atoms with van der Waals surface area (Å²) in [6.45, 7) is 3.09. The topological polar surface area (TPSA) is 154 Å². The zero-order valence-electron chi connectivity index (χ0n) is 23.5. The number of carbonyl (C=O) groups excluding carboxylic acids is 2. The summed E-state index contributed by atoms with van der Waals surface area (Å²) in [5.74, 6) is -1.91. The van der Waals surface area contributed by atoms with Crippen LogP contribution in [0.5, 0.6) is 0 Å². The molecule has 4 aliphatic heterocycles. The summed E-state index contributed by atoms with van der Waals surface area (Å²) in [7, 11) is -4.33. The van der Waals surface area contributed by atoms with E-state index in [0.29, 0.717) is 16.4 Å². The molecule has 0 aromatic heterocycles. The zero-order valence-corrected chi connectivity index (χ0v) is 24.3. The number of allylic oxidation sites excluding steroid dienone is 1. The predicted molar refractivity (Wildman–Crippen MR) is 145 cm³/mol. The van der Waals surface area contributed by atoms with Crippen molar-refractivity contribution < 1.29 is 40.7 Å². The Labute approximate surface area is 245 Å². The number of ether oxygens (including phenoxy) is 2. The van der Waals surface area contributed by atoms with E-state index < -0.39 is 64.3 Å². The normalized spacial score (nSPS) is 27.7. The number of sulfonamides is 1. The van der Waals surface area contributed by atoms with Crippen LogP contribution < -0.4 is 5.43 Å². The third-order valence-corrected chi connectivity index (χ3v) is 9.23. The maximum atomic E-state index is 13.0. The van der Waals surface area contributed by atoms with Gasteiger partial charge in [-0.1, -0.05) is 0 Å². The van der Waals surface area contributed by atoms with Gasteiger partial charge < -0.3 is 9.47 Å². The molecule has 0 radical (unpaired) electrons. The van der Waals surface area contributed by atoms with Crippen molar-refractivity contribution in [2.45, 2.75) is 74.9 Å². The first kappa shape index (κ1) is 30.6. The largest absolute Gasteiger partial charge is 0.458 e. The molecule has 1 N–H and O–H groups in total. The Morgan fingerprint density at radius 3 is 2.70 bits per heavy atom. The van der Waals surface area contributed by atoms with Gasteiger partial charge >= 0.3 is 12.1 Å². The van der Waals surface area contributed by atoms with E-state index in [-0.39, 0.29) is 41.4 Å². The lowest BCUT2D eigenvalue weighted by atomic mass is 9.85. The van der Waals surface area contributed by atoms with Crippen LogP contribution in [0.15, 0.2) is 44.9 Å². The number of fused-ring (bicyclic) bond motifs is 2. The molecule has 4 aliphatic rings. The smallest absolute Gasteiger partial charge is 0.402 e. The molecule has 2 fully saturated rings. The van der Waals surface area contributed by atoms with Gasteiger partial charge in [0.25, 0.3) is 5.91 Å². The van der Waals surface area contributed by atoms with E-state index >= 15 is 0 Å². The maximum absolute atomic E-state index is 13.0. The van der Waals surface area contributed by atoms with E-state index in [0.717, 1.165) is 0 Å².